The van der Waals surface area contributed by atoms with Gasteiger partial charge in [-0.05, 0) is 62.2 Å². The molecule has 0 bridgehead atoms. The van der Waals surface area contributed by atoms with Crippen LogP contribution in [0.4, 0.5) is 11.4 Å². The number of imide groups is 1. The molecule has 33 heavy (non-hydrogen) atoms. The van der Waals surface area contributed by atoms with Gasteiger partial charge in [0.25, 0.3) is 5.91 Å². The zero-order valence-corrected chi connectivity index (χ0v) is 18.9. The fourth-order valence-electron chi connectivity index (χ4n) is 4.77. The van der Waals surface area contributed by atoms with Crippen LogP contribution in [0, 0.1) is 19.8 Å². The second-order valence-corrected chi connectivity index (χ2v) is 8.46. The summed E-state index contributed by atoms with van der Waals surface area (Å²) in [5.41, 5.74) is 4.26. The molecule has 0 saturated carbocycles. The first-order valence-corrected chi connectivity index (χ1v) is 11.2. The maximum Gasteiger partial charge on any atom is 0.266 e. The molecule has 0 aromatic heterocycles. The summed E-state index contributed by atoms with van der Waals surface area (Å²) in [6, 6.07) is 22.5. The molecule has 6 heteroatoms. The molecule has 2 aliphatic rings. The number of aryl methyl sites for hydroxylation is 2. The second-order valence-electron chi connectivity index (χ2n) is 8.46. The van der Waals surface area contributed by atoms with Crippen LogP contribution < -0.4 is 14.7 Å². The number of nitrogens with zero attached hydrogens (tertiary/aromatic N) is 2. The molecule has 2 aliphatic heterocycles. The quantitative estimate of drug-likeness (QED) is 0.534. The molecule has 0 aliphatic carbocycles. The van der Waals surface area contributed by atoms with Crippen molar-refractivity contribution in [1.29, 1.82) is 0 Å². The Morgan fingerprint density at radius 3 is 2.30 bits per heavy atom. The SMILES string of the molecule is CCOc1ccc([C@@H]2[C@H]3C(=O)N(c4ccc(C)cc4C)C(=O)[C@H]3ON2c2ccccc2)cc1. The third-order valence-electron chi connectivity index (χ3n) is 6.25. The predicted octanol–water partition coefficient (Wildman–Crippen LogP) is 4.75. The van der Waals surface area contributed by atoms with Crippen LogP contribution in [0.5, 0.6) is 5.75 Å². The average Bonchev–Trinajstić information content (AvgIpc) is 3.32. The van der Waals surface area contributed by atoms with Gasteiger partial charge in [-0.25, -0.2) is 9.96 Å². The van der Waals surface area contributed by atoms with Crippen LogP contribution in [0.1, 0.15) is 29.7 Å². The van der Waals surface area contributed by atoms with E-state index >= 15 is 0 Å². The zero-order chi connectivity index (χ0) is 23.1. The van der Waals surface area contributed by atoms with Gasteiger partial charge in [0.2, 0.25) is 5.91 Å². The minimum atomic E-state index is -0.880. The Morgan fingerprint density at radius 2 is 1.64 bits per heavy atom. The van der Waals surface area contributed by atoms with E-state index in [1.807, 2.05) is 93.6 Å². The summed E-state index contributed by atoms with van der Waals surface area (Å²) >= 11 is 0. The number of carbonyl (C=O) groups excluding carboxylic acids is 2. The molecule has 0 spiro atoms. The number of anilines is 2. The fraction of sp³-hybridized carbons (Fsp3) is 0.259. The number of hydroxylamine groups is 1. The van der Waals surface area contributed by atoms with E-state index in [9.17, 15) is 9.59 Å². The van der Waals surface area contributed by atoms with E-state index in [1.54, 1.807) is 5.06 Å². The Labute approximate surface area is 193 Å². The second kappa shape index (κ2) is 8.37. The summed E-state index contributed by atoms with van der Waals surface area (Å²) in [4.78, 5) is 34.7. The van der Waals surface area contributed by atoms with Gasteiger partial charge < -0.3 is 4.74 Å². The van der Waals surface area contributed by atoms with E-state index < -0.39 is 18.1 Å². The van der Waals surface area contributed by atoms with Gasteiger partial charge in [-0.3, -0.25) is 14.4 Å². The number of carbonyl (C=O) groups is 2. The van der Waals surface area contributed by atoms with Crippen molar-refractivity contribution < 1.29 is 19.2 Å². The molecule has 2 amide bonds. The van der Waals surface area contributed by atoms with Crippen LogP contribution in [0.15, 0.2) is 72.8 Å². The molecule has 0 unspecified atom stereocenters. The smallest absolute Gasteiger partial charge is 0.266 e. The van der Waals surface area contributed by atoms with Crippen LogP contribution in [0.2, 0.25) is 0 Å². The largest absolute Gasteiger partial charge is 0.494 e. The summed E-state index contributed by atoms with van der Waals surface area (Å²) in [6.45, 7) is 6.41. The van der Waals surface area contributed by atoms with Gasteiger partial charge in [0.1, 0.15) is 11.7 Å². The zero-order valence-electron chi connectivity index (χ0n) is 18.9. The number of ether oxygens (including phenoxy) is 1. The van der Waals surface area contributed by atoms with Gasteiger partial charge in [-0.15, -0.1) is 0 Å². The van der Waals surface area contributed by atoms with Crippen LogP contribution in [-0.4, -0.2) is 24.5 Å². The van der Waals surface area contributed by atoms with Crippen LogP contribution in [0.25, 0.3) is 0 Å². The third kappa shape index (κ3) is 3.56. The van der Waals surface area contributed by atoms with Crippen molar-refractivity contribution >= 4 is 23.2 Å². The molecule has 0 N–H and O–H groups in total. The number of para-hydroxylation sites is 1. The van der Waals surface area contributed by atoms with Gasteiger partial charge in [0.15, 0.2) is 6.10 Å². The molecule has 6 nitrogen and oxygen atoms in total. The van der Waals surface area contributed by atoms with Crippen molar-refractivity contribution in [3.63, 3.8) is 0 Å². The lowest BCUT2D eigenvalue weighted by Crippen LogP contribution is -2.37. The topological polar surface area (TPSA) is 59.1 Å². The number of rotatable bonds is 5. The molecule has 168 valence electrons. The average molecular weight is 443 g/mol. The van der Waals surface area contributed by atoms with Crippen LogP contribution in [0.3, 0.4) is 0 Å². The Morgan fingerprint density at radius 1 is 0.909 bits per heavy atom. The minimum absolute atomic E-state index is 0.241. The Hall–Kier alpha value is -3.64. The molecule has 5 rings (SSSR count). The molecule has 2 saturated heterocycles. The van der Waals surface area contributed by atoms with Crippen molar-refractivity contribution in [2.24, 2.45) is 5.92 Å². The fourth-order valence-corrected chi connectivity index (χ4v) is 4.77. The van der Waals surface area contributed by atoms with Gasteiger partial charge in [0, 0.05) is 0 Å². The summed E-state index contributed by atoms with van der Waals surface area (Å²) < 4.78 is 5.58. The maximum absolute atomic E-state index is 13.7. The Kier molecular flexibility index (Phi) is 5.38. The maximum atomic E-state index is 13.7. The van der Waals surface area contributed by atoms with Crippen molar-refractivity contribution in [2.75, 3.05) is 16.6 Å². The van der Waals surface area contributed by atoms with E-state index in [-0.39, 0.29) is 11.8 Å². The van der Waals surface area contributed by atoms with Crippen molar-refractivity contribution in [3.05, 3.63) is 89.5 Å². The molecular weight excluding hydrogens is 416 g/mol. The summed E-state index contributed by atoms with van der Waals surface area (Å²) in [5, 5.41) is 1.71. The number of fused-ring (bicyclic) bond motifs is 1. The van der Waals surface area contributed by atoms with Gasteiger partial charge >= 0.3 is 0 Å². The molecule has 2 heterocycles. The van der Waals surface area contributed by atoms with Gasteiger partial charge in [-0.2, -0.15) is 0 Å². The molecule has 0 radical (unpaired) electrons. The first kappa shape index (κ1) is 21.2. The summed E-state index contributed by atoms with van der Waals surface area (Å²) in [5.74, 6) is -0.467. The molecule has 3 atom stereocenters. The first-order chi connectivity index (χ1) is 16.0. The van der Waals surface area contributed by atoms with Crippen LogP contribution >= 0.6 is 0 Å². The number of hydrogen-bond donors (Lipinski definition) is 0. The number of hydrogen-bond acceptors (Lipinski definition) is 5. The standard InChI is InChI=1S/C27H26N2O4/c1-4-32-21-13-11-19(12-14-21)24-23-25(33-29(24)20-8-6-5-7-9-20)27(31)28(26(23)30)22-15-10-17(2)16-18(22)3/h5-16,23-25H,4H2,1-3H3/t23-,24-,25+/m1/s1. The van der Waals surface area contributed by atoms with E-state index in [4.69, 9.17) is 9.57 Å². The minimum Gasteiger partial charge on any atom is -0.494 e. The lowest BCUT2D eigenvalue weighted by atomic mass is 9.90. The highest BCUT2D eigenvalue weighted by Gasteiger charge is 2.60. The van der Waals surface area contributed by atoms with Crippen molar-refractivity contribution in [3.8, 4) is 5.75 Å². The predicted molar refractivity (Wildman–Crippen MR) is 126 cm³/mol. The van der Waals surface area contributed by atoms with E-state index in [0.29, 0.717) is 12.3 Å². The number of amides is 2. The Balaban J connectivity index is 1.56. The summed E-state index contributed by atoms with van der Waals surface area (Å²) in [7, 11) is 0. The first-order valence-electron chi connectivity index (χ1n) is 11.2. The van der Waals surface area contributed by atoms with E-state index in [0.717, 1.165) is 28.1 Å². The lowest BCUT2D eigenvalue weighted by Gasteiger charge is -2.29. The van der Waals surface area contributed by atoms with E-state index in [1.165, 1.54) is 4.90 Å². The highest BCUT2D eigenvalue weighted by atomic mass is 16.7. The van der Waals surface area contributed by atoms with E-state index in [2.05, 4.69) is 0 Å². The van der Waals surface area contributed by atoms with Crippen molar-refractivity contribution in [2.45, 2.75) is 32.9 Å². The molecule has 3 aromatic carbocycles. The van der Waals surface area contributed by atoms with Gasteiger partial charge in [-0.1, -0.05) is 48.0 Å². The summed E-state index contributed by atoms with van der Waals surface area (Å²) in [6.07, 6.45) is -0.880. The lowest BCUT2D eigenvalue weighted by molar-refractivity contribution is -0.126. The monoisotopic (exact) mass is 442 g/mol. The van der Waals surface area contributed by atoms with Gasteiger partial charge in [0.05, 0.1) is 24.0 Å². The van der Waals surface area contributed by atoms with Crippen molar-refractivity contribution in [1.82, 2.24) is 0 Å². The normalized spacial score (nSPS) is 22.1. The highest BCUT2D eigenvalue weighted by molar-refractivity contribution is 6.24. The molecule has 3 aromatic rings. The number of benzene rings is 3. The molecule has 2 fully saturated rings. The molecular formula is C27H26N2O4. The Bertz CT molecular complexity index is 1190. The van der Waals surface area contributed by atoms with Crippen LogP contribution in [-0.2, 0) is 14.4 Å². The third-order valence-corrected chi connectivity index (χ3v) is 6.25. The highest BCUT2D eigenvalue weighted by Crippen LogP contribution is 2.48.